The lowest BCUT2D eigenvalue weighted by Crippen LogP contribution is -2.24. The van der Waals surface area contributed by atoms with Crippen LogP contribution in [0.3, 0.4) is 0 Å². The number of rotatable bonds is 7. The summed E-state index contributed by atoms with van der Waals surface area (Å²) in [5.74, 6) is 1.42. The van der Waals surface area contributed by atoms with Crippen molar-refractivity contribution >= 4 is 46.7 Å². The van der Waals surface area contributed by atoms with Crippen molar-refractivity contribution in [2.24, 2.45) is 25.9 Å². The Labute approximate surface area is 211 Å². The molecule has 36 heavy (non-hydrogen) atoms. The van der Waals surface area contributed by atoms with E-state index in [9.17, 15) is 4.53 Å². The number of benzene rings is 3. The molecule has 2 N–H and O–H groups in total. The Morgan fingerprint density at radius 1 is 1.03 bits per heavy atom. The Hall–Kier alpha value is -4.12. The first-order chi connectivity index (χ1) is 16.6. The molecule has 0 aliphatic carbocycles. The number of nitrogens with zero attached hydrogens (tertiary/aromatic N) is 5. The van der Waals surface area contributed by atoms with Gasteiger partial charge < -0.3 is 10.6 Å². The van der Waals surface area contributed by atoms with E-state index >= 15 is 0 Å². The molecule has 0 bridgehead atoms. The molecule has 3 aromatic rings. The number of aliphatic imine (C=N–C) groups is 2. The number of hydrogen-bond acceptors (Lipinski definition) is 5. The van der Waals surface area contributed by atoms with E-state index in [1.54, 1.807) is 30.1 Å². The average molecular weight is 515 g/mol. The Bertz CT molecular complexity index is 1250. The van der Waals surface area contributed by atoms with Crippen molar-refractivity contribution in [1.82, 2.24) is 0 Å². The van der Waals surface area contributed by atoms with Crippen molar-refractivity contribution in [2.75, 3.05) is 17.2 Å². The van der Waals surface area contributed by atoms with E-state index in [0.717, 1.165) is 34.3 Å². The van der Waals surface area contributed by atoms with Crippen LogP contribution in [0.4, 0.5) is 25.3 Å². The fourth-order valence-electron chi connectivity index (χ4n) is 3.28. The fraction of sp³-hybridized carbons (Fsp3) is 0.120. The summed E-state index contributed by atoms with van der Waals surface area (Å²) in [5.41, 5.74) is 10.7. The fourth-order valence-corrected chi connectivity index (χ4v) is 4.18. The van der Waals surface area contributed by atoms with Crippen LogP contribution in [-0.4, -0.2) is 35.9 Å². The second kappa shape index (κ2) is 13.7. The van der Waals surface area contributed by atoms with E-state index in [2.05, 4.69) is 49.1 Å². The molecule has 0 radical (unpaired) electrons. The lowest BCUT2D eigenvalue weighted by Gasteiger charge is -2.19. The Balaban J connectivity index is 0.00000228. The largest absolute Gasteiger partial charge is 0.383 e. The van der Waals surface area contributed by atoms with Crippen molar-refractivity contribution in [3.63, 3.8) is 0 Å². The third-order valence-electron chi connectivity index (χ3n) is 5.07. The standard InChI is InChI=1S/C25H23FN6OS.2FH/c1-18-4-2-3-5-23(18)32-14-15-34-25(32)31-30-16-19-6-8-20(9-7-19)24(27)29-17-28-21-10-12-22(33-26)13-11-21;;/h2-13,16-17H,14-15H2,1H3,(H2,27,28,29);2*1H/b30-16+,31-25-;;. The van der Waals surface area contributed by atoms with E-state index in [4.69, 9.17) is 5.73 Å². The van der Waals surface area contributed by atoms with Gasteiger partial charge in [-0.1, -0.05) is 54.2 Å². The second-order valence-electron chi connectivity index (χ2n) is 7.37. The van der Waals surface area contributed by atoms with Crippen molar-refractivity contribution in [3.05, 3.63) is 89.5 Å². The van der Waals surface area contributed by atoms with Crippen LogP contribution in [0.15, 0.2) is 93.0 Å². The van der Waals surface area contributed by atoms with Gasteiger partial charge in [-0.15, -0.1) is 5.10 Å². The van der Waals surface area contributed by atoms with Gasteiger partial charge in [-0.25, -0.2) is 9.98 Å². The first-order valence-electron chi connectivity index (χ1n) is 10.6. The minimum atomic E-state index is 0. The van der Waals surface area contributed by atoms with Crippen LogP contribution >= 0.6 is 11.8 Å². The first-order valence-corrected chi connectivity index (χ1v) is 11.5. The molecule has 7 nitrogen and oxygen atoms in total. The molecule has 0 unspecified atom stereocenters. The molecule has 1 saturated heterocycles. The smallest absolute Gasteiger partial charge is 0.190 e. The number of halogens is 3. The summed E-state index contributed by atoms with van der Waals surface area (Å²) >= 11 is 1.70. The molecule has 3 aromatic carbocycles. The molecule has 11 heteroatoms. The van der Waals surface area contributed by atoms with E-state index in [1.165, 1.54) is 24.0 Å². The second-order valence-corrected chi connectivity index (χ2v) is 8.43. The number of hydrogen-bond donors (Lipinski definition) is 1. The van der Waals surface area contributed by atoms with Crippen LogP contribution in [0, 0.1) is 6.92 Å². The molecular formula is C25H25F3N6OS. The topological polar surface area (TPSA) is 87.9 Å². The van der Waals surface area contributed by atoms with Crippen LogP contribution in [0.5, 0.6) is 5.75 Å². The van der Waals surface area contributed by atoms with Gasteiger partial charge in [0.2, 0.25) is 0 Å². The third kappa shape index (κ3) is 7.19. The Morgan fingerprint density at radius 3 is 2.44 bits per heavy atom. The van der Waals surface area contributed by atoms with Gasteiger partial charge in [0.25, 0.3) is 0 Å². The van der Waals surface area contributed by atoms with Gasteiger partial charge in [0.15, 0.2) is 10.9 Å². The van der Waals surface area contributed by atoms with Crippen molar-refractivity contribution in [3.8, 4) is 5.75 Å². The summed E-state index contributed by atoms with van der Waals surface area (Å²) in [5, 5.41) is 9.61. The molecule has 0 aromatic heterocycles. The number of para-hydroxylation sites is 1. The van der Waals surface area contributed by atoms with Gasteiger partial charge in [0.1, 0.15) is 12.2 Å². The maximum atomic E-state index is 12.1. The van der Waals surface area contributed by atoms with Gasteiger partial charge in [-0.2, -0.15) is 5.10 Å². The monoisotopic (exact) mass is 514 g/mol. The van der Waals surface area contributed by atoms with Crippen LogP contribution < -0.4 is 15.6 Å². The highest BCUT2D eigenvalue weighted by atomic mass is 32.2. The molecule has 1 aliphatic heterocycles. The number of amidine groups is 2. The van der Waals surface area contributed by atoms with Crippen molar-refractivity contribution in [1.29, 1.82) is 0 Å². The highest BCUT2D eigenvalue weighted by Gasteiger charge is 2.22. The highest BCUT2D eigenvalue weighted by Crippen LogP contribution is 2.28. The SMILES string of the molecule is Cc1ccccc1N1CCS/C1=N\N=C\c1ccc(C(N)=NC=Nc2ccc(OF)cc2)cc1.F.F. The number of thioether (sulfide) groups is 1. The van der Waals surface area contributed by atoms with Gasteiger partial charge in [0.05, 0.1) is 11.9 Å². The normalized spacial score (nSPS) is 14.8. The van der Waals surface area contributed by atoms with E-state index in [-0.39, 0.29) is 15.2 Å². The molecule has 1 heterocycles. The van der Waals surface area contributed by atoms with Gasteiger partial charge >= 0.3 is 0 Å². The zero-order valence-corrected chi connectivity index (χ0v) is 20.1. The Morgan fingerprint density at radius 2 is 1.75 bits per heavy atom. The molecule has 1 fully saturated rings. The Kier molecular flexibility index (Phi) is 10.7. The molecule has 0 atom stereocenters. The van der Waals surface area contributed by atoms with Crippen molar-refractivity contribution in [2.45, 2.75) is 6.92 Å². The zero-order chi connectivity index (χ0) is 23.8. The number of aryl methyl sites for hydroxylation is 1. The highest BCUT2D eigenvalue weighted by molar-refractivity contribution is 8.14. The minimum absolute atomic E-state index is 0. The van der Waals surface area contributed by atoms with E-state index in [1.807, 2.05) is 36.4 Å². The third-order valence-corrected chi connectivity index (χ3v) is 6.02. The molecule has 0 spiro atoms. The molecule has 188 valence electrons. The summed E-state index contributed by atoms with van der Waals surface area (Å²) in [4.78, 5) is 14.2. The summed E-state index contributed by atoms with van der Waals surface area (Å²) in [6, 6.07) is 21.9. The maximum absolute atomic E-state index is 12.1. The van der Waals surface area contributed by atoms with Gasteiger partial charge in [-0.3, -0.25) is 14.4 Å². The summed E-state index contributed by atoms with van der Waals surface area (Å²) in [6.45, 7) is 3.01. The van der Waals surface area contributed by atoms with E-state index in [0.29, 0.717) is 11.5 Å². The quantitative estimate of drug-likeness (QED) is 0.254. The van der Waals surface area contributed by atoms with E-state index < -0.39 is 0 Å². The lowest BCUT2D eigenvalue weighted by molar-refractivity contribution is -0.00618. The maximum Gasteiger partial charge on any atom is 0.190 e. The van der Waals surface area contributed by atoms with Crippen LogP contribution in [0.25, 0.3) is 0 Å². The molecule has 1 aliphatic rings. The minimum Gasteiger partial charge on any atom is -0.383 e. The average Bonchev–Trinajstić information content (AvgIpc) is 3.33. The predicted octanol–water partition coefficient (Wildman–Crippen LogP) is 5.57. The zero-order valence-electron chi connectivity index (χ0n) is 19.3. The predicted molar refractivity (Wildman–Crippen MR) is 145 cm³/mol. The number of anilines is 1. The lowest BCUT2D eigenvalue weighted by atomic mass is 10.1. The van der Waals surface area contributed by atoms with Crippen molar-refractivity contribution < 1.29 is 18.9 Å². The summed E-state index contributed by atoms with van der Waals surface area (Å²) < 4.78 is 12.1. The molecule has 0 amide bonds. The molecular weight excluding hydrogens is 489 g/mol. The van der Waals surface area contributed by atoms with Gasteiger partial charge in [-0.05, 0) is 48.4 Å². The summed E-state index contributed by atoms with van der Waals surface area (Å²) in [6.07, 6.45) is 3.07. The number of nitrogens with two attached hydrogens (primary N) is 1. The first kappa shape index (κ1) is 28.1. The summed E-state index contributed by atoms with van der Waals surface area (Å²) in [7, 11) is 0. The molecule has 0 saturated carbocycles. The van der Waals surface area contributed by atoms with Gasteiger partial charge in [0, 0.05) is 28.1 Å². The molecule has 4 rings (SSSR count). The van der Waals surface area contributed by atoms with Crippen LogP contribution in [-0.2, 0) is 0 Å². The van der Waals surface area contributed by atoms with Crippen LogP contribution in [0.1, 0.15) is 16.7 Å². The van der Waals surface area contributed by atoms with Crippen LogP contribution in [0.2, 0.25) is 0 Å².